The van der Waals surface area contributed by atoms with E-state index in [-0.39, 0.29) is 11.7 Å². The summed E-state index contributed by atoms with van der Waals surface area (Å²) in [5.74, 6) is 0.0135. The number of carbonyl (C=O) groups is 1. The summed E-state index contributed by atoms with van der Waals surface area (Å²) in [4.78, 5) is 16.5. The van der Waals surface area contributed by atoms with Crippen LogP contribution in [0.25, 0.3) is 0 Å². The Balaban J connectivity index is 2.46. The molecule has 0 aliphatic heterocycles. The molecule has 0 aliphatic rings. The van der Waals surface area contributed by atoms with E-state index in [4.69, 9.17) is 4.74 Å². The molecule has 1 aromatic rings. The van der Waals surface area contributed by atoms with Crippen LogP contribution in [0, 0.1) is 0 Å². The number of aliphatic hydroxyl groups excluding tert-OH is 1. The first kappa shape index (κ1) is 15.0. The van der Waals surface area contributed by atoms with Gasteiger partial charge >= 0.3 is 5.97 Å². The molecule has 5 heteroatoms. The van der Waals surface area contributed by atoms with Crippen LogP contribution in [-0.2, 0) is 9.53 Å². The molecule has 4 nitrogen and oxygen atoms in total. The van der Waals surface area contributed by atoms with E-state index in [0.29, 0.717) is 5.69 Å². The van der Waals surface area contributed by atoms with Gasteiger partial charge in [0.25, 0.3) is 0 Å². The number of nitrogens with zero attached hydrogens (tertiary/aromatic N) is 1. The van der Waals surface area contributed by atoms with Crippen LogP contribution in [-0.4, -0.2) is 27.4 Å². The monoisotopic (exact) mass is 269 g/mol. The van der Waals surface area contributed by atoms with Gasteiger partial charge in [0.05, 0.1) is 17.6 Å². The Morgan fingerprint density at radius 2 is 2.17 bits per heavy atom. The van der Waals surface area contributed by atoms with Crippen molar-refractivity contribution in [3.05, 3.63) is 24.0 Å². The number of pyridine rings is 1. The molecule has 0 fully saturated rings. The van der Waals surface area contributed by atoms with Crippen molar-refractivity contribution in [2.75, 3.05) is 5.75 Å². The molecular formula is C13H19NO3S. The van der Waals surface area contributed by atoms with Gasteiger partial charge < -0.3 is 9.84 Å². The highest BCUT2D eigenvalue weighted by atomic mass is 32.2. The van der Waals surface area contributed by atoms with Gasteiger partial charge in [-0.2, -0.15) is 0 Å². The number of hydrogen-bond acceptors (Lipinski definition) is 5. The number of esters is 1. The van der Waals surface area contributed by atoms with Crippen molar-refractivity contribution in [1.82, 2.24) is 4.98 Å². The smallest absolute Gasteiger partial charge is 0.316 e. The summed E-state index contributed by atoms with van der Waals surface area (Å²) in [5, 5.41) is 9.32. The number of thioether (sulfide) groups is 1. The van der Waals surface area contributed by atoms with E-state index in [2.05, 4.69) is 4.98 Å². The predicted molar refractivity (Wildman–Crippen MR) is 71.4 cm³/mol. The van der Waals surface area contributed by atoms with Crippen LogP contribution in [0.2, 0.25) is 0 Å². The van der Waals surface area contributed by atoms with Crippen LogP contribution in [0.5, 0.6) is 0 Å². The van der Waals surface area contributed by atoms with Crippen molar-refractivity contribution in [1.29, 1.82) is 0 Å². The van der Waals surface area contributed by atoms with Gasteiger partial charge in [-0.15, -0.1) is 11.8 Å². The number of aliphatic hydroxyl groups is 1. The van der Waals surface area contributed by atoms with Crippen molar-refractivity contribution < 1.29 is 14.6 Å². The van der Waals surface area contributed by atoms with Crippen molar-refractivity contribution in [3.8, 4) is 0 Å². The second-order valence-corrected chi connectivity index (χ2v) is 6.02. The topological polar surface area (TPSA) is 59.4 Å². The fraction of sp³-hybridized carbons (Fsp3) is 0.538. The standard InChI is InChI=1S/C13H19NO3S/c1-9(15)11-6-5-10(7-14-11)18-8-12(16)17-13(2,3)4/h5-7,9,15H,8H2,1-4H3/t9-/m1/s1. The average molecular weight is 269 g/mol. The fourth-order valence-electron chi connectivity index (χ4n) is 1.24. The molecule has 100 valence electrons. The molecule has 1 heterocycles. The molecule has 0 unspecified atom stereocenters. The minimum absolute atomic E-state index is 0.243. The van der Waals surface area contributed by atoms with Crippen molar-refractivity contribution >= 4 is 17.7 Å². The zero-order valence-electron chi connectivity index (χ0n) is 11.1. The lowest BCUT2D eigenvalue weighted by Gasteiger charge is -2.19. The van der Waals surface area contributed by atoms with Crippen LogP contribution >= 0.6 is 11.8 Å². The highest BCUT2D eigenvalue weighted by molar-refractivity contribution is 8.00. The number of ether oxygens (including phenoxy) is 1. The molecule has 0 aliphatic carbocycles. The highest BCUT2D eigenvalue weighted by Gasteiger charge is 2.16. The molecule has 0 radical (unpaired) electrons. The van der Waals surface area contributed by atoms with Gasteiger partial charge in [-0.1, -0.05) is 0 Å². The minimum Gasteiger partial charge on any atom is -0.459 e. The Morgan fingerprint density at radius 1 is 1.50 bits per heavy atom. The van der Waals surface area contributed by atoms with Crippen LogP contribution < -0.4 is 0 Å². The van der Waals surface area contributed by atoms with Gasteiger partial charge in [0, 0.05) is 11.1 Å². The Labute approximate surface area is 112 Å². The van der Waals surface area contributed by atoms with Crippen molar-refractivity contribution in [2.45, 2.75) is 44.3 Å². The van der Waals surface area contributed by atoms with Crippen molar-refractivity contribution in [3.63, 3.8) is 0 Å². The van der Waals surface area contributed by atoms with Gasteiger partial charge in [0.15, 0.2) is 0 Å². The summed E-state index contributed by atoms with van der Waals surface area (Å²) < 4.78 is 5.20. The summed E-state index contributed by atoms with van der Waals surface area (Å²) in [6, 6.07) is 3.59. The maximum atomic E-state index is 11.5. The largest absolute Gasteiger partial charge is 0.459 e. The van der Waals surface area contributed by atoms with Crippen LogP contribution in [0.1, 0.15) is 39.5 Å². The van der Waals surface area contributed by atoms with E-state index >= 15 is 0 Å². The average Bonchev–Trinajstić information content (AvgIpc) is 2.24. The normalized spacial score (nSPS) is 13.2. The van der Waals surface area contributed by atoms with E-state index < -0.39 is 11.7 Å². The molecule has 1 rings (SSSR count). The van der Waals surface area contributed by atoms with Gasteiger partial charge in [-0.05, 0) is 39.8 Å². The number of aromatic nitrogens is 1. The third-order valence-electron chi connectivity index (χ3n) is 1.96. The lowest BCUT2D eigenvalue weighted by Crippen LogP contribution is -2.24. The van der Waals surface area contributed by atoms with Gasteiger partial charge in [0.2, 0.25) is 0 Å². The van der Waals surface area contributed by atoms with E-state index in [0.717, 1.165) is 4.90 Å². The van der Waals surface area contributed by atoms with Crippen LogP contribution in [0.15, 0.2) is 23.2 Å². The number of rotatable bonds is 4. The molecule has 0 spiro atoms. The van der Waals surface area contributed by atoms with Gasteiger partial charge in [-0.3, -0.25) is 9.78 Å². The van der Waals surface area contributed by atoms with E-state index in [9.17, 15) is 9.90 Å². The Morgan fingerprint density at radius 3 is 2.61 bits per heavy atom. The summed E-state index contributed by atoms with van der Waals surface area (Å²) in [6.07, 6.45) is 1.08. The fourth-order valence-corrected chi connectivity index (χ4v) is 1.87. The minimum atomic E-state index is -0.574. The third-order valence-corrected chi connectivity index (χ3v) is 2.92. The summed E-state index contributed by atoms with van der Waals surface area (Å²) in [5.41, 5.74) is 0.170. The molecule has 0 aromatic carbocycles. The third kappa shape index (κ3) is 5.51. The first-order chi connectivity index (χ1) is 8.28. The SMILES string of the molecule is C[C@@H](O)c1ccc(SCC(=O)OC(C)(C)C)cn1. The van der Waals surface area contributed by atoms with Gasteiger partial charge in [-0.25, -0.2) is 0 Å². The van der Waals surface area contributed by atoms with E-state index in [1.54, 1.807) is 19.2 Å². The second-order valence-electron chi connectivity index (χ2n) is 4.97. The first-order valence-corrected chi connectivity index (χ1v) is 6.75. The second kappa shape index (κ2) is 6.20. The van der Waals surface area contributed by atoms with E-state index in [1.807, 2.05) is 26.8 Å². The number of hydrogen-bond donors (Lipinski definition) is 1. The van der Waals surface area contributed by atoms with Crippen molar-refractivity contribution in [2.24, 2.45) is 0 Å². The Kier molecular flexibility index (Phi) is 5.16. The van der Waals surface area contributed by atoms with Crippen LogP contribution in [0.4, 0.5) is 0 Å². The Hall–Kier alpha value is -1.07. The zero-order chi connectivity index (χ0) is 13.8. The molecule has 18 heavy (non-hydrogen) atoms. The molecule has 1 N–H and O–H groups in total. The first-order valence-electron chi connectivity index (χ1n) is 5.76. The van der Waals surface area contributed by atoms with Crippen LogP contribution in [0.3, 0.4) is 0 Å². The Bertz CT molecular complexity index is 396. The molecular weight excluding hydrogens is 250 g/mol. The number of carbonyl (C=O) groups excluding carboxylic acids is 1. The molecule has 0 bridgehead atoms. The molecule has 0 saturated heterocycles. The molecule has 1 atom stereocenters. The lowest BCUT2D eigenvalue weighted by molar-refractivity contribution is -0.151. The quantitative estimate of drug-likeness (QED) is 0.672. The zero-order valence-corrected chi connectivity index (χ0v) is 12.0. The molecule has 0 amide bonds. The summed E-state index contributed by atoms with van der Waals surface area (Å²) in [7, 11) is 0. The lowest BCUT2D eigenvalue weighted by atomic mass is 10.2. The highest BCUT2D eigenvalue weighted by Crippen LogP contribution is 2.20. The van der Waals surface area contributed by atoms with Gasteiger partial charge in [0.1, 0.15) is 5.60 Å². The summed E-state index contributed by atoms with van der Waals surface area (Å²) in [6.45, 7) is 7.19. The summed E-state index contributed by atoms with van der Waals surface area (Å²) >= 11 is 1.37. The molecule has 1 aromatic heterocycles. The van der Waals surface area contributed by atoms with E-state index in [1.165, 1.54) is 11.8 Å². The predicted octanol–water partition coefficient (Wildman–Crippen LogP) is 2.57. The maximum Gasteiger partial charge on any atom is 0.316 e. The maximum absolute atomic E-state index is 11.5. The molecule has 0 saturated carbocycles.